The van der Waals surface area contributed by atoms with Crippen molar-refractivity contribution in [1.29, 1.82) is 0 Å². The third kappa shape index (κ3) is 3.30. The van der Waals surface area contributed by atoms with Gasteiger partial charge in [0.2, 0.25) is 0 Å². The minimum absolute atomic E-state index is 0.0579. The molecule has 0 bridgehead atoms. The van der Waals surface area contributed by atoms with Gasteiger partial charge in [-0.15, -0.1) is 0 Å². The number of non-ortho nitro benzene ring substituents is 1. The number of halogens is 1. The van der Waals surface area contributed by atoms with Crippen molar-refractivity contribution in [2.75, 3.05) is 12.4 Å². The number of ether oxygens (including phenoxy) is 1. The molecular weight excluding hydrogens is 341 g/mol. The molecule has 0 aliphatic heterocycles. The Bertz CT molecular complexity index is 1010. The molecule has 1 aromatic heterocycles. The van der Waals surface area contributed by atoms with Crippen molar-refractivity contribution in [3.63, 3.8) is 0 Å². The van der Waals surface area contributed by atoms with Crippen LogP contribution in [0.5, 0.6) is 0 Å². The molecule has 0 aliphatic carbocycles. The molecule has 3 rings (SSSR count). The fourth-order valence-corrected chi connectivity index (χ4v) is 2.60. The number of pyridine rings is 1. The molecule has 26 heavy (non-hydrogen) atoms. The molecule has 7 nitrogen and oxygen atoms in total. The van der Waals surface area contributed by atoms with Gasteiger partial charge in [-0.3, -0.25) is 15.1 Å². The Morgan fingerprint density at radius 1 is 1.31 bits per heavy atom. The van der Waals surface area contributed by atoms with E-state index in [-0.39, 0.29) is 23.4 Å². The summed E-state index contributed by atoms with van der Waals surface area (Å²) in [4.78, 5) is 26.4. The quantitative estimate of drug-likeness (QED) is 0.426. The highest BCUT2D eigenvalue weighted by molar-refractivity contribution is 5.96. The monoisotopic (exact) mass is 355 g/mol. The second-order valence-electron chi connectivity index (χ2n) is 5.44. The maximum Gasteiger partial charge on any atom is 0.337 e. The summed E-state index contributed by atoms with van der Waals surface area (Å²) in [6.07, 6.45) is 1.52. The molecule has 132 valence electrons. The largest absolute Gasteiger partial charge is 0.465 e. The Balaban J connectivity index is 1.93. The number of carbonyl (C=O) groups excluding carboxylic acids is 1. The van der Waals surface area contributed by atoms with E-state index in [9.17, 15) is 19.3 Å². The fraction of sp³-hybridized carbons (Fsp3) is 0.111. The van der Waals surface area contributed by atoms with Gasteiger partial charge in [-0.05, 0) is 36.4 Å². The lowest BCUT2D eigenvalue weighted by Crippen LogP contribution is -2.07. The average molecular weight is 355 g/mol. The van der Waals surface area contributed by atoms with Crippen molar-refractivity contribution in [3.05, 3.63) is 75.7 Å². The van der Waals surface area contributed by atoms with Gasteiger partial charge < -0.3 is 10.1 Å². The van der Waals surface area contributed by atoms with E-state index in [1.165, 1.54) is 43.6 Å². The van der Waals surface area contributed by atoms with Crippen LogP contribution in [0.2, 0.25) is 0 Å². The molecule has 1 N–H and O–H groups in total. The topological polar surface area (TPSA) is 94.4 Å². The number of hydrogen-bond acceptors (Lipinski definition) is 6. The van der Waals surface area contributed by atoms with Gasteiger partial charge in [0, 0.05) is 24.4 Å². The number of carbonyl (C=O) groups is 1. The summed E-state index contributed by atoms with van der Waals surface area (Å²) in [5.74, 6) is -1.04. The number of methoxy groups -OCH3 is 1. The molecule has 8 heteroatoms. The lowest BCUT2D eigenvalue weighted by atomic mass is 10.1. The normalized spacial score (nSPS) is 10.5. The number of esters is 1. The van der Waals surface area contributed by atoms with Crippen LogP contribution < -0.4 is 5.32 Å². The molecule has 0 saturated heterocycles. The van der Waals surface area contributed by atoms with Crippen LogP contribution in [0.25, 0.3) is 10.9 Å². The van der Waals surface area contributed by atoms with E-state index in [4.69, 9.17) is 0 Å². The molecule has 2 aromatic carbocycles. The zero-order valence-corrected chi connectivity index (χ0v) is 13.7. The number of nitrogens with zero attached hydrogens (tertiary/aromatic N) is 2. The van der Waals surface area contributed by atoms with Crippen molar-refractivity contribution >= 4 is 28.2 Å². The molecule has 0 amide bonds. The first-order valence-electron chi connectivity index (χ1n) is 7.64. The minimum atomic E-state index is -0.561. The number of nitrogens with one attached hydrogen (secondary N) is 1. The number of anilines is 1. The average Bonchev–Trinajstić information content (AvgIpc) is 2.66. The summed E-state index contributed by atoms with van der Waals surface area (Å²) >= 11 is 0. The van der Waals surface area contributed by atoms with Crippen molar-refractivity contribution in [2.45, 2.75) is 6.54 Å². The molecule has 0 radical (unpaired) electrons. The Kier molecular flexibility index (Phi) is 4.74. The molecule has 1 heterocycles. The van der Waals surface area contributed by atoms with Crippen molar-refractivity contribution < 1.29 is 18.8 Å². The zero-order valence-electron chi connectivity index (χ0n) is 13.7. The predicted molar refractivity (Wildman–Crippen MR) is 93.5 cm³/mol. The van der Waals surface area contributed by atoms with Crippen LogP contribution in [0.4, 0.5) is 15.8 Å². The molecule has 0 spiro atoms. The first-order chi connectivity index (χ1) is 12.5. The molecular formula is C18H14FN3O4. The first kappa shape index (κ1) is 17.3. The second kappa shape index (κ2) is 7.14. The number of nitro groups is 1. The summed E-state index contributed by atoms with van der Waals surface area (Å²) in [6.45, 7) is 0.0696. The summed E-state index contributed by atoms with van der Waals surface area (Å²) in [7, 11) is 1.25. The Morgan fingerprint density at radius 3 is 2.85 bits per heavy atom. The van der Waals surface area contributed by atoms with Gasteiger partial charge in [0.1, 0.15) is 11.3 Å². The van der Waals surface area contributed by atoms with Crippen molar-refractivity contribution in [3.8, 4) is 0 Å². The molecule has 0 atom stereocenters. The zero-order chi connectivity index (χ0) is 18.7. The van der Waals surface area contributed by atoms with Gasteiger partial charge >= 0.3 is 5.97 Å². The summed E-state index contributed by atoms with van der Waals surface area (Å²) in [5.41, 5.74) is 1.37. The van der Waals surface area contributed by atoms with E-state index in [2.05, 4.69) is 15.0 Å². The smallest absolute Gasteiger partial charge is 0.337 e. The van der Waals surface area contributed by atoms with E-state index in [1.54, 1.807) is 12.1 Å². The van der Waals surface area contributed by atoms with Crippen LogP contribution in [0.1, 0.15) is 15.9 Å². The van der Waals surface area contributed by atoms with Gasteiger partial charge in [0.15, 0.2) is 0 Å². The van der Waals surface area contributed by atoms with Crippen LogP contribution in [0.3, 0.4) is 0 Å². The summed E-state index contributed by atoms with van der Waals surface area (Å²) < 4.78 is 18.7. The van der Waals surface area contributed by atoms with Gasteiger partial charge in [0.25, 0.3) is 5.69 Å². The Hall–Kier alpha value is -3.55. The highest BCUT2D eigenvalue weighted by atomic mass is 19.1. The van der Waals surface area contributed by atoms with Crippen molar-refractivity contribution in [1.82, 2.24) is 4.98 Å². The molecule has 3 aromatic rings. The summed E-state index contributed by atoms with van der Waals surface area (Å²) in [6, 6.07) is 10.0. The number of fused-ring (bicyclic) bond motifs is 1. The first-order valence-corrected chi connectivity index (χ1v) is 7.64. The lowest BCUT2D eigenvalue weighted by molar-refractivity contribution is -0.383. The van der Waals surface area contributed by atoms with Crippen LogP contribution in [-0.2, 0) is 11.3 Å². The van der Waals surface area contributed by atoms with Gasteiger partial charge in [-0.2, -0.15) is 0 Å². The van der Waals surface area contributed by atoms with Gasteiger partial charge in [-0.1, -0.05) is 0 Å². The third-order valence-corrected chi connectivity index (χ3v) is 3.88. The number of hydrogen-bond donors (Lipinski definition) is 1. The van der Waals surface area contributed by atoms with Crippen LogP contribution in [0.15, 0.2) is 48.7 Å². The third-order valence-electron chi connectivity index (χ3n) is 3.88. The van der Waals surface area contributed by atoms with Gasteiger partial charge in [0.05, 0.1) is 28.7 Å². The standard InChI is InChI=1S/C18H14FN3O4/c1-26-18(23)11-4-5-14(19)12(9-11)10-21-15-6-7-16(22(24)25)13-3-2-8-20-17(13)15/h2-9,21H,10H2,1H3. The SMILES string of the molecule is COC(=O)c1ccc(F)c(CNc2ccc([N+](=O)[O-])c3cccnc23)c1. The molecule has 0 aliphatic rings. The number of benzene rings is 2. The van der Waals surface area contributed by atoms with E-state index < -0.39 is 16.7 Å². The predicted octanol–water partition coefficient (Wildman–Crippen LogP) is 3.68. The maximum absolute atomic E-state index is 14.0. The Labute approximate surface area is 147 Å². The van der Waals surface area contributed by atoms with E-state index in [0.717, 1.165) is 0 Å². The highest BCUT2D eigenvalue weighted by Crippen LogP contribution is 2.30. The number of rotatable bonds is 5. The molecule has 0 fully saturated rings. The van der Waals surface area contributed by atoms with Gasteiger partial charge in [-0.25, -0.2) is 9.18 Å². The van der Waals surface area contributed by atoms with Crippen LogP contribution in [-0.4, -0.2) is 23.0 Å². The number of nitro benzene ring substituents is 1. The minimum Gasteiger partial charge on any atom is -0.465 e. The van der Waals surface area contributed by atoms with E-state index in [1.807, 2.05) is 0 Å². The number of aromatic nitrogens is 1. The lowest BCUT2D eigenvalue weighted by Gasteiger charge is -2.11. The second-order valence-corrected chi connectivity index (χ2v) is 5.44. The Morgan fingerprint density at radius 2 is 2.12 bits per heavy atom. The van der Waals surface area contributed by atoms with E-state index >= 15 is 0 Å². The highest BCUT2D eigenvalue weighted by Gasteiger charge is 2.15. The van der Waals surface area contributed by atoms with Crippen LogP contribution >= 0.6 is 0 Å². The van der Waals surface area contributed by atoms with E-state index in [0.29, 0.717) is 16.6 Å². The van der Waals surface area contributed by atoms with Crippen molar-refractivity contribution in [2.24, 2.45) is 0 Å². The van der Waals surface area contributed by atoms with Crippen LogP contribution in [0, 0.1) is 15.9 Å². The maximum atomic E-state index is 14.0. The fourth-order valence-electron chi connectivity index (χ4n) is 2.60. The molecule has 0 unspecified atom stereocenters. The summed E-state index contributed by atoms with van der Waals surface area (Å²) in [5, 5.41) is 14.5. The molecule has 0 saturated carbocycles.